The Bertz CT molecular complexity index is 712. The first-order chi connectivity index (χ1) is 8.75. The highest BCUT2D eigenvalue weighted by molar-refractivity contribution is 6.36. The number of nitrogens with zero attached hydrogens (tertiary/aromatic N) is 2. The van der Waals surface area contributed by atoms with Crippen molar-refractivity contribution >= 4 is 34.1 Å². The van der Waals surface area contributed by atoms with E-state index in [9.17, 15) is 0 Å². The molecule has 0 aliphatic carbocycles. The Kier molecular flexibility index (Phi) is 2.90. The second-order valence-electron chi connectivity index (χ2n) is 3.84. The summed E-state index contributed by atoms with van der Waals surface area (Å²) in [5.41, 5.74) is 2.48. The molecule has 4 heteroatoms. The lowest BCUT2D eigenvalue weighted by Crippen LogP contribution is -1.91. The van der Waals surface area contributed by atoms with E-state index in [-0.39, 0.29) is 5.28 Å². The minimum Gasteiger partial charge on any atom is -0.218 e. The standard InChI is InChI=1S/C14H8Cl2N2/c15-10-7-4-8-11-12(10)13(18-14(16)17-11)9-5-2-1-3-6-9/h1-8H. The van der Waals surface area contributed by atoms with Gasteiger partial charge in [-0.3, -0.25) is 0 Å². The number of benzene rings is 2. The van der Waals surface area contributed by atoms with Crippen LogP contribution in [0.4, 0.5) is 0 Å². The lowest BCUT2D eigenvalue weighted by atomic mass is 10.1. The number of fused-ring (bicyclic) bond motifs is 1. The van der Waals surface area contributed by atoms with Gasteiger partial charge in [-0.1, -0.05) is 48.0 Å². The molecule has 18 heavy (non-hydrogen) atoms. The van der Waals surface area contributed by atoms with Crippen LogP contribution in [-0.2, 0) is 0 Å². The maximum absolute atomic E-state index is 6.24. The van der Waals surface area contributed by atoms with E-state index in [1.54, 1.807) is 0 Å². The molecule has 0 spiro atoms. The molecule has 1 heterocycles. The molecule has 0 unspecified atom stereocenters. The van der Waals surface area contributed by atoms with Crippen molar-refractivity contribution in [2.24, 2.45) is 0 Å². The van der Waals surface area contributed by atoms with Crippen molar-refractivity contribution in [1.82, 2.24) is 9.97 Å². The van der Waals surface area contributed by atoms with Gasteiger partial charge in [0, 0.05) is 10.9 Å². The van der Waals surface area contributed by atoms with Gasteiger partial charge in [0.25, 0.3) is 0 Å². The molecule has 0 aliphatic rings. The van der Waals surface area contributed by atoms with Gasteiger partial charge in [0.2, 0.25) is 5.28 Å². The van der Waals surface area contributed by atoms with E-state index in [1.165, 1.54) is 0 Å². The summed E-state index contributed by atoms with van der Waals surface area (Å²) in [6.45, 7) is 0. The Labute approximate surface area is 114 Å². The highest BCUT2D eigenvalue weighted by Crippen LogP contribution is 2.32. The van der Waals surface area contributed by atoms with Crippen LogP contribution >= 0.6 is 23.2 Å². The molecule has 2 aromatic carbocycles. The fourth-order valence-corrected chi connectivity index (χ4v) is 2.35. The van der Waals surface area contributed by atoms with E-state index in [4.69, 9.17) is 23.2 Å². The van der Waals surface area contributed by atoms with E-state index in [0.717, 1.165) is 22.2 Å². The summed E-state index contributed by atoms with van der Waals surface area (Å²) in [7, 11) is 0. The first-order valence-electron chi connectivity index (χ1n) is 5.43. The molecule has 88 valence electrons. The smallest absolute Gasteiger partial charge is 0.218 e. The average Bonchev–Trinajstić information content (AvgIpc) is 2.39. The van der Waals surface area contributed by atoms with Crippen LogP contribution in [0.2, 0.25) is 10.3 Å². The lowest BCUT2D eigenvalue weighted by molar-refractivity contribution is 1.22. The van der Waals surface area contributed by atoms with Crippen LogP contribution in [0.1, 0.15) is 0 Å². The van der Waals surface area contributed by atoms with Crippen LogP contribution in [-0.4, -0.2) is 9.97 Å². The third-order valence-electron chi connectivity index (χ3n) is 2.69. The van der Waals surface area contributed by atoms with E-state index < -0.39 is 0 Å². The molecule has 0 atom stereocenters. The van der Waals surface area contributed by atoms with Crippen molar-refractivity contribution in [3.63, 3.8) is 0 Å². The molecule has 0 saturated heterocycles. The van der Waals surface area contributed by atoms with Gasteiger partial charge in [-0.25, -0.2) is 9.97 Å². The summed E-state index contributed by atoms with van der Waals surface area (Å²) in [4.78, 5) is 8.49. The molecule has 0 amide bonds. The molecule has 3 aromatic rings. The average molecular weight is 275 g/mol. The van der Waals surface area contributed by atoms with E-state index in [0.29, 0.717) is 5.02 Å². The van der Waals surface area contributed by atoms with Gasteiger partial charge in [-0.05, 0) is 23.7 Å². The number of aromatic nitrogens is 2. The summed E-state index contributed by atoms with van der Waals surface area (Å²) in [5, 5.41) is 1.68. The molecule has 0 radical (unpaired) electrons. The molecule has 2 nitrogen and oxygen atoms in total. The van der Waals surface area contributed by atoms with E-state index in [1.807, 2.05) is 48.5 Å². The SMILES string of the molecule is Clc1nc(-c2ccccc2)c2c(Cl)cccc2n1. The Morgan fingerprint density at radius 1 is 0.778 bits per heavy atom. The largest absolute Gasteiger partial charge is 0.223 e. The van der Waals surface area contributed by atoms with Crippen LogP contribution in [0.5, 0.6) is 0 Å². The number of rotatable bonds is 1. The maximum Gasteiger partial charge on any atom is 0.223 e. The first-order valence-corrected chi connectivity index (χ1v) is 6.18. The Morgan fingerprint density at radius 2 is 1.56 bits per heavy atom. The minimum atomic E-state index is 0.226. The molecule has 1 aromatic heterocycles. The Balaban J connectivity index is 2.41. The van der Waals surface area contributed by atoms with Crippen LogP contribution < -0.4 is 0 Å². The molecular weight excluding hydrogens is 267 g/mol. The molecule has 0 bridgehead atoms. The van der Waals surface area contributed by atoms with E-state index >= 15 is 0 Å². The topological polar surface area (TPSA) is 25.8 Å². The molecule has 0 saturated carbocycles. The molecule has 3 rings (SSSR count). The van der Waals surface area contributed by atoms with Gasteiger partial charge in [0.15, 0.2) is 0 Å². The number of halogens is 2. The summed E-state index contributed by atoms with van der Waals surface area (Å²) in [5.74, 6) is 0. The highest BCUT2D eigenvalue weighted by Gasteiger charge is 2.11. The van der Waals surface area contributed by atoms with Crippen molar-refractivity contribution in [2.75, 3.05) is 0 Å². The predicted molar refractivity (Wildman–Crippen MR) is 75.0 cm³/mol. The first kappa shape index (κ1) is 11.5. The van der Waals surface area contributed by atoms with Gasteiger partial charge in [-0.2, -0.15) is 0 Å². The molecule has 0 N–H and O–H groups in total. The number of hydrogen-bond acceptors (Lipinski definition) is 2. The van der Waals surface area contributed by atoms with Crippen molar-refractivity contribution in [3.8, 4) is 11.3 Å². The zero-order valence-corrected chi connectivity index (χ0v) is 10.8. The normalized spacial score (nSPS) is 10.8. The third-order valence-corrected chi connectivity index (χ3v) is 3.18. The maximum atomic E-state index is 6.24. The van der Waals surface area contributed by atoms with Crippen LogP contribution in [0.25, 0.3) is 22.2 Å². The fourth-order valence-electron chi connectivity index (χ4n) is 1.92. The zero-order chi connectivity index (χ0) is 12.5. The van der Waals surface area contributed by atoms with Crippen LogP contribution in [0, 0.1) is 0 Å². The van der Waals surface area contributed by atoms with E-state index in [2.05, 4.69) is 9.97 Å². The van der Waals surface area contributed by atoms with Crippen molar-refractivity contribution in [3.05, 3.63) is 58.8 Å². The Morgan fingerprint density at radius 3 is 2.33 bits per heavy atom. The fraction of sp³-hybridized carbons (Fsp3) is 0. The van der Waals surface area contributed by atoms with Gasteiger partial charge in [-0.15, -0.1) is 0 Å². The van der Waals surface area contributed by atoms with Gasteiger partial charge >= 0.3 is 0 Å². The minimum absolute atomic E-state index is 0.226. The van der Waals surface area contributed by atoms with Gasteiger partial charge < -0.3 is 0 Å². The Hall–Kier alpha value is -1.64. The monoisotopic (exact) mass is 274 g/mol. The second kappa shape index (κ2) is 4.56. The van der Waals surface area contributed by atoms with Crippen LogP contribution in [0.3, 0.4) is 0 Å². The summed E-state index contributed by atoms with van der Waals surface area (Å²) >= 11 is 12.2. The predicted octanol–water partition coefficient (Wildman–Crippen LogP) is 4.60. The summed E-state index contributed by atoms with van der Waals surface area (Å²) < 4.78 is 0. The molecule has 0 aliphatic heterocycles. The van der Waals surface area contributed by atoms with Gasteiger partial charge in [0.1, 0.15) is 0 Å². The van der Waals surface area contributed by atoms with Gasteiger partial charge in [0.05, 0.1) is 16.2 Å². The third kappa shape index (κ3) is 1.94. The quantitative estimate of drug-likeness (QED) is 0.606. The highest BCUT2D eigenvalue weighted by atomic mass is 35.5. The summed E-state index contributed by atoms with van der Waals surface area (Å²) in [6.07, 6.45) is 0. The van der Waals surface area contributed by atoms with Crippen molar-refractivity contribution in [1.29, 1.82) is 0 Å². The second-order valence-corrected chi connectivity index (χ2v) is 4.59. The molecule has 0 fully saturated rings. The lowest BCUT2D eigenvalue weighted by Gasteiger charge is -2.07. The van der Waals surface area contributed by atoms with Crippen molar-refractivity contribution in [2.45, 2.75) is 0 Å². The van der Waals surface area contributed by atoms with Crippen LogP contribution in [0.15, 0.2) is 48.5 Å². The summed E-state index contributed by atoms with van der Waals surface area (Å²) in [6, 6.07) is 15.4. The molecular formula is C14H8Cl2N2. The number of hydrogen-bond donors (Lipinski definition) is 0. The van der Waals surface area contributed by atoms with Crippen molar-refractivity contribution < 1.29 is 0 Å². The zero-order valence-electron chi connectivity index (χ0n) is 9.27.